The molecule has 2 rings (SSSR count). The molecule has 2 aromatic rings. The van der Waals surface area contributed by atoms with Gasteiger partial charge in [-0.15, -0.1) is 11.3 Å². The maximum Gasteiger partial charge on any atom is 0.261 e. The van der Waals surface area contributed by atoms with Crippen LogP contribution in [0.3, 0.4) is 0 Å². The second kappa shape index (κ2) is 3.38. The van der Waals surface area contributed by atoms with E-state index in [0.29, 0.717) is 4.34 Å². The second-order valence-electron chi connectivity index (χ2n) is 2.69. The monoisotopic (exact) mass is 266 g/mol. The predicted molar refractivity (Wildman–Crippen MR) is 59.9 cm³/mol. The Morgan fingerprint density at radius 1 is 1.21 bits per heavy atom. The SMILES string of the molecule is O=S(=O)(Cl)c1ccc2sc(Cl)cc2c1. The maximum atomic E-state index is 11.0. The van der Waals surface area contributed by atoms with E-state index in [1.165, 1.54) is 23.5 Å². The molecule has 0 bridgehead atoms. The minimum Gasteiger partial charge on any atom is -0.207 e. The van der Waals surface area contributed by atoms with Crippen molar-refractivity contribution in [1.29, 1.82) is 0 Å². The van der Waals surface area contributed by atoms with Crippen molar-refractivity contribution in [2.75, 3.05) is 0 Å². The molecule has 0 saturated carbocycles. The van der Waals surface area contributed by atoms with E-state index in [1.807, 2.05) is 0 Å². The molecule has 0 amide bonds. The van der Waals surface area contributed by atoms with Crippen LogP contribution in [0, 0.1) is 0 Å². The van der Waals surface area contributed by atoms with E-state index in [-0.39, 0.29) is 4.90 Å². The van der Waals surface area contributed by atoms with Crippen LogP contribution in [0.25, 0.3) is 10.1 Å². The fourth-order valence-corrected chi connectivity index (χ4v) is 3.06. The molecule has 0 aliphatic rings. The predicted octanol–water partition coefficient (Wildman–Crippen LogP) is 3.48. The lowest BCUT2D eigenvalue weighted by atomic mass is 10.3. The Hall–Kier alpha value is -0.290. The van der Waals surface area contributed by atoms with Gasteiger partial charge >= 0.3 is 0 Å². The van der Waals surface area contributed by atoms with Gasteiger partial charge in [-0.1, -0.05) is 11.6 Å². The summed E-state index contributed by atoms with van der Waals surface area (Å²) in [5, 5.41) is 0.793. The van der Waals surface area contributed by atoms with Crippen LogP contribution >= 0.6 is 33.6 Å². The molecule has 0 saturated heterocycles. The molecule has 0 unspecified atom stereocenters. The van der Waals surface area contributed by atoms with Crippen LogP contribution in [-0.2, 0) is 9.05 Å². The summed E-state index contributed by atoms with van der Waals surface area (Å²) in [7, 11) is 1.56. The zero-order valence-electron chi connectivity index (χ0n) is 6.70. The van der Waals surface area contributed by atoms with Gasteiger partial charge < -0.3 is 0 Å². The van der Waals surface area contributed by atoms with Gasteiger partial charge in [-0.25, -0.2) is 8.42 Å². The molecule has 0 N–H and O–H groups in total. The summed E-state index contributed by atoms with van der Waals surface area (Å²) in [5.74, 6) is 0. The van der Waals surface area contributed by atoms with Crippen molar-refractivity contribution >= 4 is 52.8 Å². The Morgan fingerprint density at radius 2 is 1.93 bits per heavy atom. The third-order valence-corrected chi connectivity index (χ3v) is 4.34. The first kappa shape index (κ1) is 10.2. The second-order valence-corrected chi connectivity index (χ2v) is 6.97. The lowest BCUT2D eigenvalue weighted by Gasteiger charge is -1.94. The lowest BCUT2D eigenvalue weighted by Crippen LogP contribution is -1.88. The molecule has 74 valence electrons. The Labute approximate surface area is 94.5 Å². The highest BCUT2D eigenvalue weighted by Gasteiger charge is 2.11. The summed E-state index contributed by atoms with van der Waals surface area (Å²) < 4.78 is 23.6. The molecular weight excluding hydrogens is 263 g/mol. The molecule has 1 aromatic heterocycles. The lowest BCUT2D eigenvalue weighted by molar-refractivity contribution is 0.609. The standard InChI is InChI=1S/C8H4Cl2O2S2/c9-8-4-5-3-6(14(10,11)12)1-2-7(5)13-8/h1-4H. The van der Waals surface area contributed by atoms with Crippen LogP contribution < -0.4 is 0 Å². The molecule has 1 heterocycles. The average Bonchev–Trinajstić information content (AvgIpc) is 2.41. The average molecular weight is 267 g/mol. The third kappa shape index (κ3) is 1.88. The first-order valence-corrected chi connectivity index (χ1v) is 7.11. The largest absolute Gasteiger partial charge is 0.261 e. The number of benzene rings is 1. The number of thiophene rings is 1. The van der Waals surface area contributed by atoms with Gasteiger partial charge in [0.2, 0.25) is 0 Å². The van der Waals surface area contributed by atoms with Crippen LogP contribution in [0.2, 0.25) is 4.34 Å². The highest BCUT2D eigenvalue weighted by Crippen LogP contribution is 2.31. The zero-order valence-corrected chi connectivity index (χ0v) is 9.84. The fraction of sp³-hybridized carbons (Fsp3) is 0. The summed E-state index contributed by atoms with van der Waals surface area (Å²) in [6.45, 7) is 0. The van der Waals surface area contributed by atoms with E-state index >= 15 is 0 Å². The molecule has 0 fully saturated rings. The molecule has 1 aromatic carbocycles. The number of halogens is 2. The molecule has 2 nitrogen and oxygen atoms in total. The number of hydrogen-bond acceptors (Lipinski definition) is 3. The van der Waals surface area contributed by atoms with Crippen molar-refractivity contribution < 1.29 is 8.42 Å². The van der Waals surface area contributed by atoms with E-state index in [1.54, 1.807) is 12.1 Å². The van der Waals surface area contributed by atoms with Crippen LogP contribution in [0.1, 0.15) is 0 Å². The van der Waals surface area contributed by atoms with Gasteiger partial charge in [0, 0.05) is 15.4 Å². The molecule has 0 spiro atoms. The minimum absolute atomic E-state index is 0.0983. The molecule has 0 atom stereocenters. The zero-order chi connectivity index (χ0) is 10.3. The van der Waals surface area contributed by atoms with Gasteiger partial charge in [-0.2, -0.15) is 0 Å². The molecule has 6 heteroatoms. The van der Waals surface area contributed by atoms with Gasteiger partial charge in [0.1, 0.15) is 0 Å². The maximum absolute atomic E-state index is 11.0. The summed E-state index contributed by atoms with van der Waals surface area (Å²) in [6, 6.07) is 6.39. The molecular formula is C8H4Cl2O2S2. The first-order valence-electron chi connectivity index (χ1n) is 3.60. The summed E-state index contributed by atoms with van der Waals surface area (Å²) in [6.07, 6.45) is 0. The van der Waals surface area contributed by atoms with Crippen molar-refractivity contribution in [3.8, 4) is 0 Å². The quantitative estimate of drug-likeness (QED) is 0.741. The first-order chi connectivity index (χ1) is 6.47. The number of fused-ring (bicyclic) bond motifs is 1. The van der Waals surface area contributed by atoms with Crippen molar-refractivity contribution in [3.63, 3.8) is 0 Å². The highest BCUT2D eigenvalue weighted by atomic mass is 35.7. The van der Waals surface area contributed by atoms with Gasteiger partial charge in [0.15, 0.2) is 0 Å². The molecule has 14 heavy (non-hydrogen) atoms. The smallest absolute Gasteiger partial charge is 0.207 e. The van der Waals surface area contributed by atoms with Gasteiger partial charge in [-0.05, 0) is 29.7 Å². The Bertz CT molecular complexity index is 586. The van der Waals surface area contributed by atoms with Crippen LogP contribution in [0.5, 0.6) is 0 Å². The van der Waals surface area contributed by atoms with E-state index in [0.717, 1.165) is 10.1 Å². The van der Waals surface area contributed by atoms with Crippen LogP contribution in [-0.4, -0.2) is 8.42 Å². The van der Waals surface area contributed by atoms with E-state index in [9.17, 15) is 8.42 Å². The van der Waals surface area contributed by atoms with Gasteiger partial charge in [0.05, 0.1) is 9.23 Å². The Kier molecular flexibility index (Phi) is 2.47. The van der Waals surface area contributed by atoms with Crippen molar-refractivity contribution in [3.05, 3.63) is 28.6 Å². The highest BCUT2D eigenvalue weighted by molar-refractivity contribution is 8.13. The van der Waals surface area contributed by atoms with Gasteiger partial charge in [-0.3, -0.25) is 0 Å². The van der Waals surface area contributed by atoms with Crippen molar-refractivity contribution in [1.82, 2.24) is 0 Å². The van der Waals surface area contributed by atoms with Crippen LogP contribution in [0.15, 0.2) is 29.2 Å². The third-order valence-electron chi connectivity index (χ3n) is 1.74. The Morgan fingerprint density at radius 3 is 2.57 bits per heavy atom. The van der Waals surface area contributed by atoms with E-state index in [2.05, 4.69) is 0 Å². The number of rotatable bonds is 1. The topological polar surface area (TPSA) is 34.1 Å². The van der Waals surface area contributed by atoms with Gasteiger partial charge in [0.25, 0.3) is 9.05 Å². The van der Waals surface area contributed by atoms with E-state index in [4.69, 9.17) is 22.3 Å². The number of hydrogen-bond donors (Lipinski definition) is 0. The van der Waals surface area contributed by atoms with Crippen molar-refractivity contribution in [2.24, 2.45) is 0 Å². The summed E-state index contributed by atoms with van der Waals surface area (Å²) in [5.41, 5.74) is 0. The summed E-state index contributed by atoms with van der Waals surface area (Å²) >= 11 is 7.18. The van der Waals surface area contributed by atoms with Crippen LogP contribution in [0.4, 0.5) is 0 Å². The summed E-state index contributed by atoms with van der Waals surface area (Å²) in [4.78, 5) is 0.0983. The molecule has 0 radical (unpaired) electrons. The normalized spacial score (nSPS) is 12.1. The molecule has 0 aliphatic carbocycles. The Balaban J connectivity index is 2.74. The van der Waals surface area contributed by atoms with Crippen molar-refractivity contribution in [2.45, 2.75) is 4.90 Å². The molecule has 0 aliphatic heterocycles. The van der Waals surface area contributed by atoms with E-state index < -0.39 is 9.05 Å². The minimum atomic E-state index is -3.65. The fourth-order valence-electron chi connectivity index (χ4n) is 1.14.